The standard InChI is InChI=1S/C15H20O4/c1-9-13(16)10(2)18-12-8-17-15(19-14(9)12)11-6-4-3-5-7-11/h3-7,9-10,12-16H,8H2,1-2H3/t9-,10+,12-,13?,14?,15?/m1/s1. The molecule has 0 bridgehead atoms. The van der Waals surface area contributed by atoms with Crippen molar-refractivity contribution in [2.24, 2.45) is 5.92 Å². The smallest absolute Gasteiger partial charge is 0.184 e. The molecule has 0 amide bonds. The molecule has 104 valence electrons. The van der Waals surface area contributed by atoms with Gasteiger partial charge in [0, 0.05) is 11.5 Å². The zero-order valence-electron chi connectivity index (χ0n) is 11.2. The molecule has 2 aliphatic rings. The van der Waals surface area contributed by atoms with Crippen LogP contribution in [0.5, 0.6) is 0 Å². The molecule has 4 nitrogen and oxygen atoms in total. The van der Waals surface area contributed by atoms with Crippen molar-refractivity contribution in [2.75, 3.05) is 6.61 Å². The van der Waals surface area contributed by atoms with Gasteiger partial charge in [-0.3, -0.25) is 0 Å². The second-order valence-corrected chi connectivity index (χ2v) is 5.41. The molecule has 0 saturated carbocycles. The SMILES string of the molecule is C[C@@H]1C(O)[C@H](C)O[C@@H]2COC(c3ccccc3)OC12. The lowest BCUT2D eigenvalue weighted by atomic mass is 9.87. The number of rotatable bonds is 1. The van der Waals surface area contributed by atoms with Gasteiger partial charge in [-0.2, -0.15) is 0 Å². The van der Waals surface area contributed by atoms with Crippen LogP contribution in [-0.2, 0) is 14.2 Å². The Bertz CT molecular complexity index is 419. The van der Waals surface area contributed by atoms with Gasteiger partial charge in [-0.1, -0.05) is 37.3 Å². The minimum Gasteiger partial charge on any atom is -0.390 e. The molecular formula is C15H20O4. The highest BCUT2D eigenvalue weighted by Gasteiger charge is 2.45. The Balaban J connectivity index is 1.75. The lowest BCUT2D eigenvalue weighted by Crippen LogP contribution is -2.57. The Kier molecular flexibility index (Phi) is 3.58. The highest BCUT2D eigenvalue weighted by Crippen LogP contribution is 2.36. The van der Waals surface area contributed by atoms with Crippen molar-refractivity contribution in [1.82, 2.24) is 0 Å². The first-order valence-electron chi connectivity index (χ1n) is 6.82. The van der Waals surface area contributed by atoms with E-state index in [0.29, 0.717) is 6.61 Å². The van der Waals surface area contributed by atoms with Crippen LogP contribution in [0, 0.1) is 5.92 Å². The van der Waals surface area contributed by atoms with Crippen molar-refractivity contribution in [3.63, 3.8) is 0 Å². The molecule has 1 aromatic carbocycles. The van der Waals surface area contributed by atoms with Crippen LogP contribution < -0.4 is 0 Å². The van der Waals surface area contributed by atoms with Gasteiger partial charge >= 0.3 is 0 Å². The number of aliphatic hydroxyl groups excluding tert-OH is 1. The molecule has 0 aliphatic carbocycles. The molecule has 1 N–H and O–H groups in total. The predicted octanol–water partition coefficient (Wildman–Crippen LogP) is 1.88. The van der Waals surface area contributed by atoms with E-state index in [2.05, 4.69) is 0 Å². The van der Waals surface area contributed by atoms with E-state index in [4.69, 9.17) is 14.2 Å². The minimum absolute atomic E-state index is 0.0452. The maximum absolute atomic E-state index is 10.1. The fourth-order valence-corrected chi connectivity index (χ4v) is 2.89. The summed E-state index contributed by atoms with van der Waals surface area (Å²) in [5.41, 5.74) is 1.00. The Morgan fingerprint density at radius 3 is 2.58 bits per heavy atom. The quantitative estimate of drug-likeness (QED) is 0.841. The Labute approximate surface area is 113 Å². The maximum Gasteiger partial charge on any atom is 0.184 e. The highest BCUT2D eigenvalue weighted by atomic mass is 16.7. The third-order valence-corrected chi connectivity index (χ3v) is 4.06. The topological polar surface area (TPSA) is 47.9 Å². The number of hydrogen-bond acceptors (Lipinski definition) is 4. The number of hydrogen-bond donors (Lipinski definition) is 1. The molecule has 2 fully saturated rings. The summed E-state index contributed by atoms with van der Waals surface area (Å²) >= 11 is 0. The summed E-state index contributed by atoms with van der Waals surface area (Å²) in [6, 6.07) is 9.86. The summed E-state index contributed by atoms with van der Waals surface area (Å²) in [4.78, 5) is 0. The van der Waals surface area contributed by atoms with Gasteiger partial charge in [0.25, 0.3) is 0 Å². The van der Waals surface area contributed by atoms with Gasteiger partial charge in [0.1, 0.15) is 6.10 Å². The van der Waals surface area contributed by atoms with E-state index in [-0.39, 0.29) is 30.5 Å². The molecule has 0 spiro atoms. The van der Waals surface area contributed by atoms with Crippen LogP contribution in [0.2, 0.25) is 0 Å². The molecule has 3 rings (SSSR count). The van der Waals surface area contributed by atoms with E-state index in [1.165, 1.54) is 0 Å². The van der Waals surface area contributed by atoms with Crippen molar-refractivity contribution >= 4 is 0 Å². The van der Waals surface area contributed by atoms with Crippen LogP contribution in [0.15, 0.2) is 30.3 Å². The second-order valence-electron chi connectivity index (χ2n) is 5.41. The summed E-state index contributed by atoms with van der Waals surface area (Å²) < 4.78 is 17.5. The normalized spacial score (nSPS) is 42.7. The molecule has 0 radical (unpaired) electrons. The van der Waals surface area contributed by atoms with Crippen molar-refractivity contribution in [1.29, 1.82) is 0 Å². The average molecular weight is 264 g/mol. The molecule has 0 aromatic heterocycles. The van der Waals surface area contributed by atoms with E-state index in [1.54, 1.807) is 0 Å². The lowest BCUT2D eigenvalue weighted by Gasteiger charge is -2.46. The molecule has 2 aliphatic heterocycles. The van der Waals surface area contributed by atoms with E-state index in [1.807, 2.05) is 44.2 Å². The van der Waals surface area contributed by atoms with E-state index >= 15 is 0 Å². The van der Waals surface area contributed by atoms with Crippen molar-refractivity contribution in [3.05, 3.63) is 35.9 Å². The van der Waals surface area contributed by atoms with Crippen LogP contribution in [0.1, 0.15) is 25.7 Å². The third kappa shape index (κ3) is 2.41. The summed E-state index contributed by atoms with van der Waals surface area (Å²) in [6.07, 6.45) is -1.24. The zero-order chi connectivity index (χ0) is 13.4. The first-order valence-corrected chi connectivity index (χ1v) is 6.82. The first kappa shape index (κ1) is 13.1. The van der Waals surface area contributed by atoms with Gasteiger partial charge in [-0.05, 0) is 6.92 Å². The molecule has 6 atom stereocenters. The molecule has 2 saturated heterocycles. The number of benzene rings is 1. The molecule has 3 unspecified atom stereocenters. The van der Waals surface area contributed by atoms with Gasteiger partial charge in [0.05, 0.1) is 24.9 Å². The summed E-state index contributed by atoms with van der Waals surface area (Å²) in [5.74, 6) is 0.0452. The van der Waals surface area contributed by atoms with Crippen molar-refractivity contribution in [2.45, 2.75) is 44.6 Å². The highest BCUT2D eigenvalue weighted by molar-refractivity contribution is 5.16. The monoisotopic (exact) mass is 264 g/mol. The van der Waals surface area contributed by atoms with Crippen LogP contribution in [0.4, 0.5) is 0 Å². The van der Waals surface area contributed by atoms with E-state index in [0.717, 1.165) is 5.56 Å². The number of ether oxygens (including phenoxy) is 3. The molecule has 2 heterocycles. The van der Waals surface area contributed by atoms with Crippen molar-refractivity contribution in [3.8, 4) is 0 Å². The van der Waals surface area contributed by atoms with E-state index in [9.17, 15) is 5.11 Å². The molecule has 19 heavy (non-hydrogen) atoms. The predicted molar refractivity (Wildman–Crippen MR) is 69.5 cm³/mol. The lowest BCUT2D eigenvalue weighted by molar-refractivity contribution is -0.315. The van der Waals surface area contributed by atoms with E-state index < -0.39 is 6.10 Å². The first-order chi connectivity index (χ1) is 9.16. The van der Waals surface area contributed by atoms with Crippen LogP contribution in [0.3, 0.4) is 0 Å². The molecule has 4 heteroatoms. The van der Waals surface area contributed by atoms with Gasteiger partial charge in [0.15, 0.2) is 6.29 Å². The average Bonchev–Trinajstić information content (AvgIpc) is 2.46. The minimum atomic E-state index is -0.490. The van der Waals surface area contributed by atoms with Gasteiger partial charge in [-0.25, -0.2) is 0 Å². The van der Waals surface area contributed by atoms with Crippen LogP contribution in [0.25, 0.3) is 0 Å². The number of aliphatic hydroxyl groups is 1. The largest absolute Gasteiger partial charge is 0.390 e. The van der Waals surface area contributed by atoms with Gasteiger partial charge in [0.2, 0.25) is 0 Å². The zero-order valence-corrected chi connectivity index (χ0v) is 11.2. The van der Waals surface area contributed by atoms with Gasteiger partial charge < -0.3 is 19.3 Å². The summed E-state index contributed by atoms with van der Waals surface area (Å²) in [7, 11) is 0. The van der Waals surface area contributed by atoms with Crippen molar-refractivity contribution < 1.29 is 19.3 Å². The fourth-order valence-electron chi connectivity index (χ4n) is 2.89. The third-order valence-electron chi connectivity index (χ3n) is 4.06. The Morgan fingerprint density at radius 2 is 1.84 bits per heavy atom. The van der Waals surface area contributed by atoms with Gasteiger partial charge in [-0.15, -0.1) is 0 Å². The maximum atomic E-state index is 10.1. The molecule has 1 aromatic rings. The van der Waals surface area contributed by atoms with Crippen LogP contribution in [-0.4, -0.2) is 36.1 Å². The summed E-state index contributed by atoms with van der Waals surface area (Å²) in [6.45, 7) is 4.40. The second kappa shape index (κ2) is 5.21. The number of fused-ring (bicyclic) bond motifs is 1. The molecular weight excluding hydrogens is 244 g/mol. The Morgan fingerprint density at radius 1 is 1.11 bits per heavy atom. The van der Waals surface area contributed by atoms with Crippen LogP contribution >= 0.6 is 0 Å². The Hall–Kier alpha value is -0.940. The summed E-state index contributed by atoms with van der Waals surface area (Å²) in [5, 5.41) is 10.1. The fraction of sp³-hybridized carbons (Fsp3) is 0.600.